The second-order valence-electron chi connectivity index (χ2n) is 9.78. The normalized spacial score (nSPS) is 10.6. The first-order valence-electron chi connectivity index (χ1n) is 13.7. The van der Waals surface area contributed by atoms with Gasteiger partial charge in [-0.05, 0) is 95.1 Å². The Kier molecular flexibility index (Phi) is 7.69. The summed E-state index contributed by atoms with van der Waals surface area (Å²) >= 11 is 0. The Morgan fingerprint density at radius 1 is 0.310 bits per heavy atom. The van der Waals surface area contributed by atoms with E-state index in [1.54, 1.807) is 0 Å². The van der Waals surface area contributed by atoms with Gasteiger partial charge in [0.2, 0.25) is 0 Å². The molecule has 0 fully saturated rings. The highest BCUT2D eigenvalue weighted by atomic mass is 16.5. The second kappa shape index (κ2) is 12.2. The molecule has 6 aromatic rings. The fraction of sp³-hybridized carbons (Fsp3) is 0. The van der Waals surface area contributed by atoms with Crippen LogP contribution in [-0.2, 0) is 0 Å². The monoisotopic (exact) mass is 544 g/mol. The van der Waals surface area contributed by atoms with Gasteiger partial charge in [-0.2, -0.15) is 0 Å². The average Bonchev–Trinajstić information content (AvgIpc) is 3.06. The van der Waals surface area contributed by atoms with Crippen molar-refractivity contribution in [1.82, 2.24) is 0 Å². The molecule has 0 radical (unpaired) electrons. The first-order valence-corrected chi connectivity index (χ1v) is 13.7. The van der Waals surface area contributed by atoms with Crippen LogP contribution in [0.1, 0.15) is 22.3 Å². The Hall–Kier alpha value is -5.74. The van der Waals surface area contributed by atoms with Crippen molar-refractivity contribution < 1.29 is 9.47 Å². The number of hydrogen-bond acceptors (Lipinski definition) is 4. The van der Waals surface area contributed by atoms with Crippen molar-refractivity contribution in [3.05, 3.63) is 180 Å². The van der Waals surface area contributed by atoms with E-state index in [0.717, 1.165) is 56.4 Å². The molecule has 0 saturated heterocycles. The maximum Gasteiger partial charge on any atom is 0.127 e. The third-order valence-electron chi connectivity index (χ3n) is 6.92. The van der Waals surface area contributed by atoms with Gasteiger partial charge in [0.15, 0.2) is 0 Å². The van der Waals surface area contributed by atoms with E-state index in [9.17, 15) is 0 Å². The van der Waals surface area contributed by atoms with Gasteiger partial charge in [0.05, 0.1) is 11.4 Å². The maximum atomic E-state index is 8.43. The standard InChI is InChI=1S/C38H28N2O2/c39-37(29-7-3-1-4-8-29)31-15-23-35(24-16-31)41-33-19-11-27(12-20-33)28-13-21-34(22-14-28)42-36-25-17-32(18-26-36)38(40)30-9-5-2-6-10-30/h1-26,39-40H. The zero-order valence-corrected chi connectivity index (χ0v) is 22.8. The minimum absolute atomic E-state index is 0.487. The molecule has 0 aliphatic heterocycles. The summed E-state index contributed by atoms with van der Waals surface area (Å²) in [5, 5.41) is 16.9. The van der Waals surface area contributed by atoms with E-state index in [1.807, 2.05) is 158 Å². The zero-order valence-electron chi connectivity index (χ0n) is 22.8. The van der Waals surface area contributed by atoms with Crippen molar-refractivity contribution in [3.8, 4) is 34.1 Å². The van der Waals surface area contributed by atoms with Gasteiger partial charge in [-0.25, -0.2) is 0 Å². The highest BCUT2D eigenvalue weighted by Crippen LogP contribution is 2.29. The minimum atomic E-state index is 0.487. The quantitative estimate of drug-likeness (QED) is 0.178. The van der Waals surface area contributed by atoms with Crippen molar-refractivity contribution >= 4 is 11.4 Å². The van der Waals surface area contributed by atoms with Gasteiger partial charge in [0.1, 0.15) is 23.0 Å². The molecule has 2 N–H and O–H groups in total. The Morgan fingerprint density at radius 2 is 0.571 bits per heavy atom. The summed E-state index contributed by atoms with van der Waals surface area (Å²) in [4.78, 5) is 0. The van der Waals surface area contributed by atoms with Crippen molar-refractivity contribution in [2.45, 2.75) is 0 Å². The Bertz CT molecular complexity index is 1660. The number of ether oxygens (including phenoxy) is 2. The lowest BCUT2D eigenvalue weighted by atomic mass is 10.0. The van der Waals surface area contributed by atoms with E-state index < -0.39 is 0 Å². The molecular weight excluding hydrogens is 516 g/mol. The molecule has 0 bridgehead atoms. The average molecular weight is 545 g/mol. The van der Waals surface area contributed by atoms with Gasteiger partial charge in [0, 0.05) is 11.1 Å². The molecule has 0 aromatic heterocycles. The predicted molar refractivity (Wildman–Crippen MR) is 170 cm³/mol. The van der Waals surface area contributed by atoms with Gasteiger partial charge in [-0.3, -0.25) is 10.8 Å². The van der Waals surface area contributed by atoms with Gasteiger partial charge in [0.25, 0.3) is 0 Å². The van der Waals surface area contributed by atoms with Crippen molar-refractivity contribution in [2.24, 2.45) is 0 Å². The number of rotatable bonds is 9. The summed E-state index contributed by atoms with van der Waals surface area (Å²) in [6.45, 7) is 0. The van der Waals surface area contributed by atoms with Crippen LogP contribution in [0.3, 0.4) is 0 Å². The third-order valence-corrected chi connectivity index (χ3v) is 6.92. The lowest BCUT2D eigenvalue weighted by Gasteiger charge is -2.10. The van der Waals surface area contributed by atoms with Crippen LogP contribution < -0.4 is 9.47 Å². The molecule has 6 aromatic carbocycles. The second-order valence-corrected chi connectivity index (χ2v) is 9.78. The van der Waals surface area contributed by atoms with Crippen LogP contribution in [0.5, 0.6) is 23.0 Å². The molecule has 0 atom stereocenters. The molecule has 0 heterocycles. The zero-order chi connectivity index (χ0) is 28.7. The van der Waals surface area contributed by atoms with Crippen LogP contribution in [0.15, 0.2) is 158 Å². The summed E-state index contributed by atoms with van der Waals surface area (Å²) in [5.41, 5.74) is 6.58. The van der Waals surface area contributed by atoms with Crippen LogP contribution in [0, 0.1) is 10.8 Å². The molecule has 202 valence electrons. The first kappa shape index (κ1) is 26.5. The van der Waals surface area contributed by atoms with Crippen molar-refractivity contribution in [1.29, 1.82) is 10.8 Å². The molecule has 0 saturated carbocycles. The molecule has 4 heteroatoms. The summed E-state index contributed by atoms with van der Waals surface area (Å²) in [6, 6.07) is 50.5. The van der Waals surface area contributed by atoms with Crippen LogP contribution in [-0.4, -0.2) is 11.4 Å². The van der Waals surface area contributed by atoms with Gasteiger partial charge >= 0.3 is 0 Å². The van der Waals surface area contributed by atoms with E-state index in [4.69, 9.17) is 20.3 Å². The van der Waals surface area contributed by atoms with Gasteiger partial charge in [-0.1, -0.05) is 84.9 Å². The number of nitrogens with one attached hydrogen (secondary N) is 2. The van der Waals surface area contributed by atoms with Crippen LogP contribution in [0.25, 0.3) is 11.1 Å². The lowest BCUT2D eigenvalue weighted by Crippen LogP contribution is -2.00. The lowest BCUT2D eigenvalue weighted by molar-refractivity contribution is 0.482. The van der Waals surface area contributed by atoms with E-state index in [-0.39, 0.29) is 0 Å². The molecule has 6 rings (SSSR count). The van der Waals surface area contributed by atoms with Gasteiger partial charge in [-0.15, -0.1) is 0 Å². The largest absolute Gasteiger partial charge is 0.457 e. The fourth-order valence-corrected chi connectivity index (χ4v) is 4.63. The third kappa shape index (κ3) is 6.19. The van der Waals surface area contributed by atoms with Crippen LogP contribution in [0.4, 0.5) is 0 Å². The molecule has 42 heavy (non-hydrogen) atoms. The van der Waals surface area contributed by atoms with Gasteiger partial charge < -0.3 is 9.47 Å². The summed E-state index contributed by atoms with van der Waals surface area (Å²) in [5.74, 6) is 2.93. The smallest absolute Gasteiger partial charge is 0.127 e. The molecule has 0 aliphatic rings. The van der Waals surface area contributed by atoms with E-state index in [1.165, 1.54) is 0 Å². The Labute approximate surface area is 245 Å². The molecule has 0 unspecified atom stereocenters. The van der Waals surface area contributed by atoms with Crippen LogP contribution in [0.2, 0.25) is 0 Å². The van der Waals surface area contributed by atoms with E-state index >= 15 is 0 Å². The number of hydrogen-bond donors (Lipinski definition) is 2. The predicted octanol–water partition coefficient (Wildman–Crippen LogP) is 9.77. The topological polar surface area (TPSA) is 66.2 Å². The summed E-state index contributed by atoms with van der Waals surface area (Å²) in [6.07, 6.45) is 0. The van der Waals surface area contributed by atoms with Crippen LogP contribution >= 0.6 is 0 Å². The van der Waals surface area contributed by atoms with E-state index in [0.29, 0.717) is 11.4 Å². The molecule has 0 spiro atoms. The SMILES string of the molecule is N=C(c1ccccc1)c1ccc(Oc2ccc(-c3ccc(Oc4ccc(C(=N)c5ccccc5)cc4)cc3)cc2)cc1. The fourth-order valence-electron chi connectivity index (χ4n) is 4.63. The Morgan fingerprint density at radius 3 is 0.881 bits per heavy atom. The summed E-state index contributed by atoms with van der Waals surface area (Å²) in [7, 11) is 0. The maximum absolute atomic E-state index is 8.43. The molecule has 0 amide bonds. The Balaban J connectivity index is 1.06. The first-order chi connectivity index (χ1) is 20.6. The highest BCUT2D eigenvalue weighted by molar-refractivity contribution is 6.11. The molecular formula is C38H28N2O2. The molecule has 4 nitrogen and oxygen atoms in total. The summed E-state index contributed by atoms with van der Waals surface area (Å²) < 4.78 is 12.1. The van der Waals surface area contributed by atoms with Crippen molar-refractivity contribution in [3.63, 3.8) is 0 Å². The minimum Gasteiger partial charge on any atom is -0.457 e. The highest BCUT2D eigenvalue weighted by Gasteiger charge is 2.07. The van der Waals surface area contributed by atoms with E-state index in [2.05, 4.69) is 0 Å². The molecule has 0 aliphatic carbocycles. The van der Waals surface area contributed by atoms with Crippen molar-refractivity contribution in [2.75, 3.05) is 0 Å². The number of benzene rings is 6.